The van der Waals surface area contributed by atoms with E-state index in [0.29, 0.717) is 16.9 Å². The van der Waals surface area contributed by atoms with Gasteiger partial charge in [-0.25, -0.2) is 8.42 Å². The number of nitrogens with zero attached hydrogens (tertiary/aromatic N) is 1. The van der Waals surface area contributed by atoms with Crippen molar-refractivity contribution in [2.24, 2.45) is 5.41 Å². The predicted molar refractivity (Wildman–Crippen MR) is 81.6 cm³/mol. The monoisotopic (exact) mass is 300 g/mol. The topological polar surface area (TPSA) is 49.4 Å². The molecule has 1 aliphatic heterocycles. The predicted octanol–water partition coefficient (Wildman–Crippen LogP) is 1.42. The molecule has 2 aliphatic carbocycles. The summed E-state index contributed by atoms with van der Waals surface area (Å²) in [6.07, 6.45) is 9.39. The van der Waals surface area contributed by atoms with Crippen LogP contribution in [-0.2, 0) is 9.84 Å². The van der Waals surface area contributed by atoms with Crippen LogP contribution in [0.1, 0.15) is 44.9 Å². The van der Waals surface area contributed by atoms with Crippen LogP contribution in [0, 0.1) is 5.41 Å². The van der Waals surface area contributed by atoms with E-state index >= 15 is 0 Å². The van der Waals surface area contributed by atoms with Crippen molar-refractivity contribution in [2.45, 2.75) is 51.0 Å². The van der Waals surface area contributed by atoms with E-state index in [1.807, 2.05) is 0 Å². The van der Waals surface area contributed by atoms with Crippen LogP contribution in [0.15, 0.2) is 0 Å². The first-order valence-corrected chi connectivity index (χ1v) is 10.1. The summed E-state index contributed by atoms with van der Waals surface area (Å²) in [7, 11) is -2.75. The van der Waals surface area contributed by atoms with Crippen LogP contribution in [0.2, 0.25) is 0 Å². The normalized spacial score (nSPS) is 30.2. The summed E-state index contributed by atoms with van der Waals surface area (Å²) in [5.41, 5.74) is 0.405. The fourth-order valence-electron chi connectivity index (χ4n) is 3.72. The second-order valence-corrected chi connectivity index (χ2v) is 9.45. The molecule has 0 aromatic heterocycles. The van der Waals surface area contributed by atoms with Crippen molar-refractivity contribution in [3.8, 4) is 0 Å². The maximum Gasteiger partial charge on any atom is 0.152 e. The Morgan fingerprint density at radius 2 is 1.70 bits per heavy atom. The molecule has 3 rings (SSSR count). The summed E-state index contributed by atoms with van der Waals surface area (Å²) in [6, 6.07) is 0.774. The molecular weight excluding hydrogens is 272 g/mol. The Balaban J connectivity index is 1.57. The third-order valence-corrected chi connectivity index (χ3v) is 6.86. The van der Waals surface area contributed by atoms with Crippen molar-refractivity contribution < 1.29 is 8.42 Å². The first-order valence-electron chi connectivity index (χ1n) is 8.23. The molecule has 0 radical (unpaired) electrons. The van der Waals surface area contributed by atoms with Gasteiger partial charge in [-0.1, -0.05) is 19.3 Å². The molecule has 20 heavy (non-hydrogen) atoms. The third-order valence-electron chi connectivity index (χ3n) is 5.25. The van der Waals surface area contributed by atoms with Gasteiger partial charge in [0.2, 0.25) is 0 Å². The highest BCUT2D eigenvalue weighted by Gasteiger charge is 2.36. The van der Waals surface area contributed by atoms with E-state index in [1.165, 1.54) is 44.9 Å². The quantitative estimate of drug-likeness (QED) is 0.834. The maximum absolute atomic E-state index is 11.6. The Bertz CT molecular complexity index is 411. The zero-order valence-electron chi connectivity index (χ0n) is 12.4. The smallest absolute Gasteiger partial charge is 0.152 e. The number of nitrogens with one attached hydrogen (secondary N) is 1. The third kappa shape index (κ3) is 3.95. The minimum absolute atomic E-state index is 0.360. The minimum Gasteiger partial charge on any atom is -0.313 e. The average Bonchev–Trinajstić information content (AvgIpc) is 3.25. The lowest BCUT2D eigenvalue weighted by atomic mass is 9.73. The average molecular weight is 300 g/mol. The lowest BCUT2D eigenvalue weighted by Gasteiger charge is -2.42. The minimum atomic E-state index is -2.75. The van der Waals surface area contributed by atoms with Crippen LogP contribution in [0.3, 0.4) is 0 Å². The zero-order chi connectivity index (χ0) is 14.1. The molecule has 0 aromatic carbocycles. The van der Waals surface area contributed by atoms with Crippen LogP contribution in [0.5, 0.6) is 0 Å². The van der Waals surface area contributed by atoms with E-state index in [4.69, 9.17) is 0 Å². The molecule has 0 unspecified atom stereocenters. The van der Waals surface area contributed by atoms with Gasteiger partial charge in [-0.15, -0.1) is 0 Å². The van der Waals surface area contributed by atoms with Crippen LogP contribution in [-0.4, -0.2) is 57.0 Å². The van der Waals surface area contributed by atoms with Crippen LogP contribution in [0.4, 0.5) is 0 Å². The molecule has 0 bridgehead atoms. The van der Waals surface area contributed by atoms with Gasteiger partial charge in [-0.3, -0.25) is 0 Å². The second kappa shape index (κ2) is 5.93. The molecule has 0 spiro atoms. The summed E-state index contributed by atoms with van der Waals surface area (Å²) < 4.78 is 23.1. The number of sulfone groups is 1. The first-order chi connectivity index (χ1) is 9.57. The van der Waals surface area contributed by atoms with Gasteiger partial charge in [0.15, 0.2) is 9.84 Å². The highest BCUT2D eigenvalue weighted by molar-refractivity contribution is 7.91. The zero-order valence-corrected chi connectivity index (χ0v) is 13.3. The SMILES string of the molecule is O=S1(=O)CCN(CC2(CNC3CC3)CCCCC2)CC1. The molecule has 0 aromatic rings. The Morgan fingerprint density at radius 1 is 1.05 bits per heavy atom. The van der Waals surface area contributed by atoms with Gasteiger partial charge in [-0.05, 0) is 31.1 Å². The van der Waals surface area contributed by atoms with Gasteiger partial charge in [0.25, 0.3) is 0 Å². The summed E-state index contributed by atoms with van der Waals surface area (Å²) in [5, 5.41) is 3.73. The lowest BCUT2D eigenvalue weighted by molar-refractivity contribution is 0.107. The van der Waals surface area contributed by atoms with Crippen molar-refractivity contribution in [1.29, 1.82) is 0 Å². The molecule has 1 heterocycles. The lowest BCUT2D eigenvalue weighted by Crippen LogP contribution is -2.50. The molecule has 0 atom stereocenters. The first kappa shape index (κ1) is 14.8. The van der Waals surface area contributed by atoms with E-state index < -0.39 is 9.84 Å². The number of hydrogen-bond acceptors (Lipinski definition) is 4. The Morgan fingerprint density at radius 3 is 2.30 bits per heavy atom. The molecule has 5 heteroatoms. The van der Waals surface area contributed by atoms with Gasteiger partial charge in [0, 0.05) is 32.2 Å². The van der Waals surface area contributed by atoms with Crippen molar-refractivity contribution in [1.82, 2.24) is 10.2 Å². The largest absolute Gasteiger partial charge is 0.313 e. The van der Waals surface area contributed by atoms with E-state index in [0.717, 1.165) is 32.2 Å². The summed E-state index contributed by atoms with van der Waals surface area (Å²) in [4.78, 5) is 2.40. The standard InChI is InChI=1S/C15H28N2O2S/c18-20(19)10-8-17(9-11-20)13-15(6-2-1-3-7-15)12-16-14-4-5-14/h14,16H,1-13H2. The molecule has 0 amide bonds. The molecule has 1 saturated heterocycles. The van der Waals surface area contributed by atoms with E-state index in [-0.39, 0.29) is 0 Å². The summed E-state index contributed by atoms with van der Waals surface area (Å²) in [5.74, 6) is 0.721. The van der Waals surface area contributed by atoms with Crippen LogP contribution in [0.25, 0.3) is 0 Å². The van der Waals surface area contributed by atoms with Gasteiger partial charge < -0.3 is 10.2 Å². The summed E-state index contributed by atoms with van der Waals surface area (Å²) in [6.45, 7) is 3.73. The van der Waals surface area contributed by atoms with Gasteiger partial charge >= 0.3 is 0 Å². The van der Waals surface area contributed by atoms with E-state index in [1.54, 1.807) is 0 Å². The number of rotatable bonds is 5. The highest BCUT2D eigenvalue weighted by Crippen LogP contribution is 2.37. The molecule has 116 valence electrons. The number of hydrogen-bond donors (Lipinski definition) is 1. The van der Waals surface area contributed by atoms with E-state index in [9.17, 15) is 8.42 Å². The molecule has 2 saturated carbocycles. The molecule has 3 fully saturated rings. The highest BCUT2D eigenvalue weighted by atomic mass is 32.2. The van der Waals surface area contributed by atoms with Gasteiger partial charge in [-0.2, -0.15) is 0 Å². The summed E-state index contributed by atoms with van der Waals surface area (Å²) >= 11 is 0. The molecular formula is C15H28N2O2S. The van der Waals surface area contributed by atoms with Crippen molar-refractivity contribution in [2.75, 3.05) is 37.7 Å². The van der Waals surface area contributed by atoms with Gasteiger partial charge in [0.05, 0.1) is 11.5 Å². The molecule has 3 aliphatic rings. The molecule has 4 nitrogen and oxygen atoms in total. The second-order valence-electron chi connectivity index (χ2n) is 7.14. The van der Waals surface area contributed by atoms with Crippen molar-refractivity contribution in [3.05, 3.63) is 0 Å². The maximum atomic E-state index is 11.6. The van der Waals surface area contributed by atoms with Crippen molar-refractivity contribution in [3.63, 3.8) is 0 Å². The van der Waals surface area contributed by atoms with Crippen molar-refractivity contribution >= 4 is 9.84 Å². The fraction of sp³-hybridized carbons (Fsp3) is 1.00. The van der Waals surface area contributed by atoms with Crippen LogP contribution < -0.4 is 5.32 Å². The molecule has 1 N–H and O–H groups in total. The van der Waals surface area contributed by atoms with E-state index in [2.05, 4.69) is 10.2 Å². The Labute approximate surface area is 123 Å². The van der Waals surface area contributed by atoms with Gasteiger partial charge in [0.1, 0.15) is 0 Å². The fourth-order valence-corrected chi connectivity index (χ4v) is 5.00. The Kier molecular flexibility index (Phi) is 4.39. The Hall–Kier alpha value is -0.130. The van der Waals surface area contributed by atoms with Crippen LogP contribution >= 0.6 is 0 Å².